The molecule has 0 radical (unpaired) electrons. The molecule has 0 aliphatic carbocycles. The maximum atomic E-state index is 15.6. The van der Waals surface area contributed by atoms with Crippen LogP contribution in [-0.4, -0.2) is 67.8 Å². The number of nitrogens with one attached hydrogen (secondary N) is 1. The molecule has 1 aliphatic heterocycles. The number of hydrogen-bond donors (Lipinski definition) is 2. The fraction of sp³-hybridized carbons (Fsp3) is 0.458. The molecule has 1 amide bonds. The number of ether oxygens (including phenoxy) is 1. The molecule has 0 bridgehead atoms. The normalized spacial score (nSPS) is 21.5. The summed E-state index contributed by atoms with van der Waals surface area (Å²) in [6.07, 6.45) is 0.277. The first-order valence-electron chi connectivity index (χ1n) is 11.0. The van der Waals surface area contributed by atoms with Crippen molar-refractivity contribution in [1.29, 1.82) is 0 Å². The van der Waals surface area contributed by atoms with Gasteiger partial charge in [-0.25, -0.2) is 26.3 Å². The molecule has 1 saturated heterocycles. The molecule has 1 heterocycles. The van der Waals surface area contributed by atoms with E-state index >= 15 is 13.2 Å². The van der Waals surface area contributed by atoms with E-state index in [0.717, 1.165) is 11.2 Å². The number of sulfonamides is 1. The van der Waals surface area contributed by atoms with E-state index in [4.69, 9.17) is 4.74 Å². The average molecular weight is 515 g/mol. The monoisotopic (exact) mass is 514 g/mol. The number of likely N-dealkylation sites (tertiary alicyclic amines) is 1. The summed E-state index contributed by atoms with van der Waals surface area (Å²) in [5.41, 5.74) is -1.25. The third-order valence-corrected chi connectivity index (χ3v) is 6.94. The molecular weight excluding hydrogens is 485 g/mol. The first-order valence-corrected chi connectivity index (χ1v) is 12.9. The van der Waals surface area contributed by atoms with Crippen molar-refractivity contribution in [3.05, 3.63) is 53.8 Å². The highest BCUT2D eigenvalue weighted by Crippen LogP contribution is 2.37. The van der Waals surface area contributed by atoms with Gasteiger partial charge in [0.1, 0.15) is 23.2 Å². The van der Waals surface area contributed by atoms with Gasteiger partial charge in [-0.15, -0.1) is 0 Å². The van der Waals surface area contributed by atoms with Gasteiger partial charge in [0.15, 0.2) is 0 Å². The molecule has 0 spiro atoms. The van der Waals surface area contributed by atoms with Crippen molar-refractivity contribution in [2.45, 2.75) is 50.3 Å². The lowest BCUT2D eigenvalue weighted by atomic mass is 9.94. The maximum Gasteiger partial charge on any atom is 0.283 e. The van der Waals surface area contributed by atoms with Crippen molar-refractivity contribution in [1.82, 2.24) is 9.62 Å². The van der Waals surface area contributed by atoms with Gasteiger partial charge >= 0.3 is 0 Å². The van der Waals surface area contributed by atoms with Crippen LogP contribution in [0.2, 0.25) is 0 Å². The summed E-state index contributed by atoms with van der Waals surface area (Å²) in [5, 5.41) is 10.5. The van der Waals surface area contributed by atoms with Crippen LogP contribution < -0.4 is 9.46 Å². The molecule has 1 aliphatic rings. The molecule has 2 aromatic rings. The van der Waals surface area contributed by atoms with Gasteiger partial charge in [0.05, 0.1) is 26.0 Å². The summed E-state index contributed by atoms with van der Waals surface area (Å²) in [6.45, 7) is 1.60. The Morgan fingerprint density at radius 3 is 2.54 bits per heavy atom. The van der Waals surface area contributed by atoms with Gasteiger partial charge in [0.25, 0.3) is 11.8 Å². The number of carbonyl (C=O) groups is 1. The molecule has 11 heteroatoms. The number of methoxy groups -OCH3 is 1. The minimum absolute atomic E-state index is 0.0160. The molecule has 2 aromatic carbocycles. The SMILES string of the molecule is CC[C@@](C)(O)C(=O)N1CC(F)(F)[C@H](NS(C)(=O)=O)[C@@H]1Cc1cccc(-c2cccc(OC)c2)c1F. The van der Waals surface area contributed by atoms with E-state index in [1.54, 1.807) is 30.3 Å². The standard InChI is InChI=1S/C24H29F3N2O5S/c1-5-23(2,31)22(30)29-14-24(26,27)21(28-35(4,32)33)19(29)13-16-9-7-11-18(20(16)25)15-8-6-10-17(12-15)34-3/h6-12,19,21,28,31H,5,13-14H2,1-4H3/t19-,21+,23+/m0/s1. The third-order valence-electron chi connectivity index (χ3n) is 6.26. The predicted molar refractivity (Wildman–Crippen MR) is 125 cm³/mol. The van der Waals surface area contributed by atoms with Crippen LogP contribution >= 0.6 is 0 Å². The Morgan fingerprint density at radius 2 is 1.94 bits per heavy atom. The highest BCUT2D eigenvalue weighted by molar-refractivity contribution is 7.88. The summed E-state index contributed by atoms with van der Waals surface area (Å²) in [7, 11) is -2.63. The van der Waals surface area contributed by atoms with Gasteiger partial charge in [-0.3, -0.25) is 4.79 Å². The molecule has 192 valence electrons. The molecule has 3 rings (SSSR count). The number of aliphatic hydroxyl groups is 1. The van der Waals surface area contributed by atoms with Gasteiger partial charge in [0, 0.05) is 5.56 Å². The van der Waals surface area contributed by atoms with E-state index in [1.807, 2.05) is 4.72 Å². The van der Waals surface area contributed by atoms with Crippen LogP contribution in [0.5, 0.6) is 5.75 Å². The summed E-state index contributed by atoms with van der Waals surface area (Å²) in [5.74, 6) is -4.82. The number of nitrogens with zero attached hydrogens (tertiary/aromatic N) is 1. The molecular formula is C24H29F3N2O5S. The van der Waals surface area contributed by atoms with Crippen molar-refractivity contribution >= 4 is 15.9 Å². The molecule has 0 unspecified atom stereocenters. The number of hydrogen-bond acceptors (Lipinski definition) is 5. The second-order valence-corrected chi connectivity index (χ2v) is 10.8. The number of alkyl halides is 2. The Morgan fingerprint density at radius 1 is 1.29 bits per heavy atom. The lowest BCUT2D eigenvalue weighted by molar-refractivity contribution is -0.151. The van der Waals surface area contributed by atoms with Crippen LogP contribution in [0.3, 0.4) is 0 Å². The minimum atomic E-state index is -4.10. The van der Waals surface area contributed by atoms with Crippen LogP contribution in [-0.2, 0) is 21.2 Å². The second-order valence-electron chi connectivity index (χ2n) is 8.97. The molecule has 7 nitrogen and oxygen atoms in total. The highest BCUT2D eigenvalue weighted by atomic mass is 32.2. The zero-order valence-corrected chi connectivity index (χ0v) is 20.7. The van der Waals surface area contributed by atoms with Crippen LogP contribution in [0.25, 0.3) is 11.1 Å². The van der Waals surface area contributed by atoms with E-state index in [0.29, 0.717) is 11.3 Å². The summed E-state index contributed by atoms with van der Waals surface area (Å²) < 4.78 is 76.5. The lowest BCUT2D eigenvalue weighted by Gasteiger charge is -2.33. The second kappa shape index (κ2) is 9.79. The number of amides is 1. The molecule has 3 atom stereocenters. The maximum absolute atomic E-state index is 15.6. The van der Waals surface area contributed by atoms with Gasteiger partial charge < -0.3 is 14.7 Å². The van der Waals surface area contributed by atoms with Crippen molar-refractivity contribution in [3.63, 3.8) is 0 Å². The molecule has 2 N–H and O–H groups in total. The van der Waals surface area contributed by atoms with Crippen molar-refractivity contribution in [2.24, 2.45) is 0 Å². The topological polar surface area (TPSA) is 95.9 Å². The fourth-order valence-electron chi connectivity index (χ4n) is 4.19. The van der Waals surface area contributed by atoms with Gasteiger partial charge in [-0.2, -0.15) is 0 Å². The Labute approximate surface area is 202 Å². The Bertz CT molecular complexity index is 1200. The molecule has 1 fully saturated rings. The Balaban J connectivity index is 2.07. The largest absolute Gasteiger partial charge is 0.497 e. The van der Waals surface area contributed by atoms with Crippen LogP contribution in [0.1, 0.15) is 25.8 Å². The summed E-state index contributed by atoms with van der Waals surface area (Å²) in [6, 6.07) is 7.67. The Kier molecular flexibility index (Phi) is 7.54. The zero-order chi connectivity index (χ0) is 26.2. The minimum Gasteiger partial charge on any atom is -0.497 e. The van der Waals surface area contributed by atoms with Gasteiger partial charge in [-0.05, 0) is 43.0 Å². The number of rotatable bonds is 8. The third kappa shape index (κ3) is 5.79. The molecule has 35 heavy (non-hydrogen) atoms. The van der Waals surface area contributed by atoms with E-state index in [1.165, 1.54) is 33.1 Å². The van der Waals surface area contributed by atoms with Crippen molar-refractivity contribution < 1.29 is 36.2 Å². The van der Waals surface area contributed by atoms with Crippen molar-refractivity contribution in [3.8, 4) is 16.9 Å². The fourth-order valence-corrected chi connectivity index (χ4v) is 4.98. The highest BCUT2D eigenvalue weighted by Gasteiger charge is 2.58. The van der Waals surface area contributed by atoms with E-state index < -0.39 is 58.3 Å². The van der Waals surface area contributed by atoms with Crippen LogP contribution in [0.4, 0.5) is 13.2 Å². The zero-order valence-electron chi connectivity index (χ0n) is 19.9. The smallest absolute Gasteiger partial charge is 0.283 e. The predicted octanol–water partition coefficient (Wildman–Crippen LogP) is 2.97. The van der Waals surface area contributed by atoms with Gasteiger partial charge in [-0.1, -0.05) is 37.3 Å². The van der Waals surface area contributed by atoms with E-state index in [2.05, 4.69) is 0 Å². The first-order chi connectivity index (χ1) is 16.2. The van der Waals surface area contributed by atoms with Crippen LogP contribution in [0.15, 0.2) is 42.5 Å². The van der Waals surface area contributed by atoms with Crippen LogP contribution in [0, 0.1) is 5.82 Å². The lowest BCUT2D eigenvalue weighted by Crippen LogP contribution is -2.54. The molecule has 0 aromatic heterocycles. The van der Waals surface area contributed by atoms with E-state index in [9.17, 15) is 18.3 Å². The number of carbonyl (C=O) groups excluding carboxylic acids is 1. The van der Waals surface area contributed by atoms with Gasteiger partial charge in [0.2, 0.25) is 10.0 Å². The molecule has 0 saturated carbocycles. The number of benzene rings is 2. The number of halogens is 3. The van der Waals surface area contributed by atoms with E-state index in [-0.39, 0.29) is 17.5 Å². The van der Waals surface area contributed by atoms with Crippen molar-refractivity contribution in [2.75, 3.05) is 19.9 Å². The quantitative estimate of drug-likeness (QED) is 0.565. The summed E-state index contributed by atoms with van der Waals surface area (Å²) in [4.78, 5) is 13.8. The summed E-state index contributed by atoms with van der Waals surface area (Å²) >= 11 is 0. The first kappa shape index (κ1) is 27.0. The Hall–Kier alpha value is -2.63. The average Bonchev–Trinajstić information content (AvgIpc) is 3.03.